The number of ether oxygens (including phenoxy) is 1. The highest BCUT2D eigenvalue weighted by atomic mass is 79.9. The lowest BCUT2D eigenvalue weighted by Crippen LogP contribution is -2.20. The minimum atomic E-state index is -0.836. The molecule has 2 atom stereocenters. The zero-order chi connectivity index (χ0) is 21.5. The lowest BCUT2D eigenvalue weighted by Gasteiger charge is -2.26. The number of fused-ring (bicyclic) bond motifs is 1. The molecule has 1 aliphatic heterocycles. The second-order valence-corrected chi connectivity index (χ2v) is 7.62. The fourth-order valence-corrected chi connectivity index (χ4v) is 3.90. The molecule has 5 nitrogen and oxygen atoms in total. The summed E-state index contributed by atoms with van der Waals surface area (Å²) < 4.78 is 6.03. The Morgan fingerprint density at radius 1 is 1.20 bits per heavy atom. The van der Waals surface area contributed by atoms with Crippen molar-refractivity contribution in [2.45, 2.75) is 24.9 Å². The highest BCUT2D eigenvalue weighted by molar-refractivity contribution is 9.09. The highest BCUT2D eigenvalue weighted by Crippen LogP contribution is 2.37. The second-order valence-electron chi connectivity index (χ2n) is 6.83. The molecule has 0 radical (unpaired) electrons. The van der Waals surface area contributed by atoms with E-state index in [9.17, 15) is 20.4 Å². The minimum Gasteiger partial charge on any atom is -0.485 e. The summed E-state index contributed by atoms with van der Waals surface area (Å²) in [6.07, 6.45) is 4.43. The molecule has 0 aromatic heterocycles. The number of nitriles is 2. The highest BCUT2D eigenvalue weighted by Gasteiger charge is 2.24. The Labute approximate surface area is 183 Å². The smallest absolute Gasteiger partial charge is 0.311 e. The Morgan fingerprint density at radius 2 is 1.90 bits per heavy atom. The number of carboxylic acid groups (broad SMARTS) is 1. The predicted octanol–water partition coefficient (Wildman–Crippen LogP) is 5.31. The van der Waals surface area contributed by atoms with Crippen LogP contribution in [0.5, 0.6) is 5.75 Å². The van der Waals surface area contributed by atoms with Crippen LogP contribution in [-0.4, -0.2) is 22.5 Å². The van der Waals surface area contributed by atoms with Crippen LogP contribution in [0, 0.1) is 22.7 Å². The number of halogens is 1. The summed E-state index contributed by atoms with van der Waals surface area (Å²) in [7, 11) is 0. The summed E-state index contributed by atoms with van der Waals surface area (Å²) in [6, 6.07) is 18.7. The molecule has 2 aromatic carbocycles. The van der Waals surface area contributed by atoms with E-state index < -0.39 is 11.9 Å². The number of hydrogen-bond donors (Lipinski definition) is 1. The third-order valence-corrected chi connectivity index (χ3v) is 5.42. The summed E-state index contributed by atoms with van der Waals surface area (Å²) in [6.45, 7) is 0. The van der Waals surface area contributed by atoms with E-state index in [1.54, 1.807) is 0 Å². The molecule has 0 amide bonds. The lowest BCUT2D eigenvalue weighted by molar-refractivity contribution is -0.138. The van der Waals surface area contributed by atoms with E-state index in [-0.39, 0.29) is 11.7 Å². The van der Waals surface area contributed by atoms with Crippen LogP contribution in [0.25, 0.3) is 11.6 Å². The summed E-state index contributed by atoms with van der Waals surface area (Å²) in [5.74, 6) is -0.730. The number of rotatable bonds is 6. The molecule has 0 saturated heterocycles. The topological polar surface area (TPSA) is 94.1 Å². The maximum absolute atomic E-state index is 11.4. The molecule has 0 bridgehead atoms. The van der Waals surface area contributed by atoms with Gasteiger partial charge in [-0.2, -0.15) is 10.5 Å². The summed E-state index contributed by atoms with van der Waals surface area (Å²) in [5, 5.41) is 28.6. The average Bonchev–Trinajstić information content (AvgIpc) is 2.77. The first kappa shape index (κ1) is 21.4. The first-order chi connectivity index (χ1) is 14.6. The standard InChI is InChI=1S/C24H19BrN2O3/c25-12-11-20(24(28)29)17-8-5-16(6-9-17)7-10-19-13-22(18(14-26)15-27)21-3-1-2-4-23(21)30-19/h1-10,19-20H,11-13H2,(H,28,29)/b10-7+. The van der Waals surface area contributed by atoms with Gasteiger partial charge >= 0.3 is 5.97 Å². The second kappa shape index (κ2) is 9.91. The van der Waals surface area contributed by atoms with Gasteiger partial charge in [-0.1, -0.05) is 64.5 Å². The zero-order valence-electron chi connectivity index (χ0n) is 16.1. The number of aliphatic carboxylic acids is 1. The van der Waals surface area contributed by atoms with E-state index in [0.717, 1.165) is 16.7 Å². The van der Waals surface area contributed by atoms with E-state index in [0.29, 0.717) is 29.5 Å². The first-order valence-electron chi connectivity index (χ1n) is 9.43. The molecular weight excluding hydrogens is 444 g/mol. The molecule has 6 heteroatoms. The Morgan fingerprint density at radius 3 is 2.53 bits per heavy atom. The van der Waals surface area contributed by atoms with Gasteiger partial charge in [0.05, 0.1) is 5.92 Å². The van der Waals surface area contributed by atoms with Gasteiger partial charge in [0.15, 0.2) is 0 Å². The first-order valence-corrected chi connectivity index (χ1v) is 10.6. The van der Waals surface area contributed by atoms with Crippen LogP contribution in [0.4, 0.5) is 0 Å². The third kappa shape index (κ3) is 4.79. The number of allylic oxidation sites excluding steroid dienone is 1. The Hall–Kier alpha value is -3.35. The maximum Gasteiger partial charge on any atom is 0.311 e. The van der Waals surface area contributed by atoms with E-state index in [4.69, 9.17) is 4.74 Å². The van der Waals surface area contributed by atoms with Crippen LogP contribution in [0.3, 0.4) is 0 Å². The quantitative estimate of drug-likeness (QED) is 0.463. The minimum absolute atomic E-state index is 0.0972. The van der Waals surface area contributed by atoms with Gasteiger partial charge in [-0.05, 0) is 35.3 Å². The molecule has 30 heavy (non-hydrogen) atoms. The molecule has 0 aliphatic carbocycles. The monoisotopic (exact) mass is 462 g/mol. The van der Waals surface area contributed by atoms with E-state index in [2.05, 4.69) is 15.9 Å². The van der Waals surface area contributed by atoms with Gasteiger partial charge in [0.2, 0.25) is 0 Å². The molecule has 1 N–H and O–H groups in total. The van der Waals surface area contributed by atoms with Crippen molar-refractivity contribution in [1.82, 2.24) is 0 Å². The number of benzene rings is 2. The average molecular weight is 463 g/mol. The summed E-state index contributed by atoms with van der Waals surface area (Å²) in [4.78, 5) is 11.4. The Bertz CT molecular complexity index is 1060. The van der Waals surface area contributed by atoms with Crippen molar-refractivity contribution in [3.63, 3.8) is 0 Å². The van der Waals surface area contributed by atoms with Crippen LogP contribution in [0.15, 0.2) is 60.2 Å². The summed E-state index contributed by atoms with van der Waals surface area (Å²) >= 11 is 3.30. The zero-order valence-corrected chi connectivity index (χ0v) is 17.7. The van der Waals surface area contributed by atoms with Gasteiger partial charge < -0.3 is 9.84 Å². The van der Waals surface area contributed by atoms with Crippen molar-refractivity contribution in [2.24, 2.45) is 0 Å². The SMILES string of the molecule is N#CC(C#N)=C1CC(/C=C/c2ccc(C(CCBr)C(=O)O)cc2)Oc2ccccc21. The maximum atomic E-state index is 11.4. The van der Waals surface area contributed by atoms with E-state index >= 15 is 0 Å². The van der Waals surface area contributed by atoms with Gasteiger partial charge in [0.25, 0.3) is 0 Å². The van der Waals surface area contributed by atoms with Gasteiger partial charge in [-0.25, -0.2) is 0 Å². The van der Waals surface area contributed by atoms with Crippen LogP contribution in [0.1, 0.15) is 35.4 Å². The summed E-state index contributed by atoms with van der Waals surface area (Å²) in [5.41, 5.74) is 3.23. The molecule has 0 spiro atoms. The molecule has 150 valence electrons. The number of carbonyl (C=O) groups is 1. The van der Waals surface area contributed by atoms with Gasteiger partial charge in [-0.15, -0.1) is 0 Å². The Kier molecular flexibility index (Phi) is 7.06. The van der Waals surface area contributed by atoms with Crippen molar-refractivity contribution in [3.05, 3.63) is 76.9 Å². The van der Waals surface area contributed by atoms with Crippen molar-refractivity contribution in [1.29, 1.82) is 10.5 Å². The van der Waals surface area contributed by atoms with Crippen LogP contribution < -0.4 is 4.74 Å². The number of alkyl halides is 1. The molecule has 2 unspecified atom stereocenters. The fourth-order valence-electron chi connectivity index (χ4n) is 3.44. The largest absolute Gasteiger partial charge is 0.485 e. The molecule has 3 rings (SSSR count). The van der Waals surface area contributed by atoms with Crippen molar-refractivity contribution in [2.75, 3.05) is 5.33 Å². The van der Waals surface area contributed by atoms with Gasteiger partial charge in [0, 0.05) is 17.3 Å². The number of para-hydroxylation sites is 1. The van der Waals surface area contributed by atoms with Crippen molar-refractivity contribution in [3.8, 4) is 17.9 Å². The van der Waals surface area contributed by atoms with Crippen molar-refractivity contribution >= 4 is 33.5 Å². The molecule has 1 aliphatic rings. The number of hydrogen-bond acceptors (Lipinski definition) is 4. The third-order valence-electron chi connectivity index (χ3n) is 4.96. The van der Waals surface area contributed by atoms with Crippen LogP contribution in [0.2, 0.25) is 0 Å². The lowest BCUT2D eigenvalue weighted by atomic mass is 9.91. The predicted molar refractivity (Wildman–Crippen MR) is 118 cm³/mol. The Balaban J connectivity index is 1.82. The molecule has 0 fully saturated rings. The van der Waals surface area contributed by atoms with Crippen LogP contribution >= 0.6 is 15.9 Å². The van der Waals surface area contributed by atoms with E-state index in [1.165, 1.54) is 0 Å². The molecule has 0 saturated carbocycles. The molecular formula is C24H19BrN2O3. The molecule has 2 aromatic rings. The van der Waals surface area contributed by atoms with E-state index in [1.807, 2.05) is 72.8 Å². The van der Waals surface area contributed by atoms with Gasteiger partial charge in [-0.3, -0.25) is 4.79 Å². The normalized spacial score (nSPS) is 16.1. The number of nitrogens with zero attached hydrogens (tertiary/aromatic N) is 2. The van der Waals surface area contributed by atoms with Crippen molar-refractivity contribution < 1.29 is 14.6 Å². The molecule has 1 heterocycles. The fraction of sp³-hybridized carbons (Fsp3) is 0.208. The van der Waals surface area contributed by atoms with Crippen LogP contribution in [-0.2, 0) is 4.79 Å². The number of carboxylic acids is 1. The van der Waals surface area contributed by atoms with Gasteiger partial charge in [0.1, 0.15) is 29.6 Å².